The van der Waals surface area contributed by atoms with Crippen molar-refractivity contribution in [2.75, 3.05) is 0 Å². The van der Waals surface area contributed by atoms with Crippen LogP contribution in [0.5, 0.6) is 0 Å². The van der Waals surface area contributed by atoms with E-state index < -0.39 is 0 Å². The Hall–Kier alpha value is -6.20. The van der Waals surface area contributed by atoms with E-state index >= 15 is 0 Å². The lowest BCUT2D eigenvalue weighted by Gasteiger charge is -2.11. The van der Waals surface area contributed by atoms with E-state index in [0.29, 0.717) is 17.5 Å². The third kappa shape index (κ3) is 3.61. The number of rotatable bonds is 3. The Morgan fingerprint density at radius 1 is 0.400 bits per heavy atom. The van der Waals surface area contributed by atoms with Crippen LogP contribution in [0.25, 0.3) is 100 Å². The monoisotopic (exact) mass is 574 g/mol. The molecule has 0 fully saturated rings. The van der Waals surface area contributed by atoms with Gasteiger partial charge in [0.2, 0.25) is 0 Å². The zero-order chi connectivity index (χ0) is 29.5. The van der Waals surface area contributed by atoms with Crippen LogP contribution in [0.15, 0.2) is 138 Å². The van der Waals surface area contributed by atoms with Crippen molar-refractivity contribution in [2.24, 2.45) is 0 Å². The molecule has 3 aromatic heterocycles. The molecule has 0 spiro atoms. The number of hydrogen-bond donors (Lipinski definition) is 0. The number of benzene rings is 6. The summed E-state index contributed by atoms with van der Waals surface area (Å²) in [4.78, 5) is 20.1. The Labute approximate surface area is 257 Å². The molecule has 0 saturated heterocycles. The summed E-state index contributed by atoms with van der Waals surface area (Å²) in [6.45, 7) is 0. The quantitative estimate of drug-likeness (QED) is 0.210. The lowest BCUT2D eigenvalue weighted by molar-refractivity contribution is 0.668. The third-order valence-corrected chi connectivity index (χ3v) is 8.88. The average molecular weight is 575 g/mol. The van der Waals surface area contributed by atoms with E-state index in [4.69, 9.17) is 19.4 Å². The van der Waals surface area contributed by atoms with Gasteiger partial charge in [-0.2, -0.15) is 0 Å². The van der Waals surface area contributed by atoms with Crippen molar-refractivity contribution in [3.8, 4) is 56.4 Å². The molecule has 45 heavy (non-hydrogen) atoms. The molecule has 10 rings (SSSR count). The van der Waals surface area contributed by atoms with Gasteiger partial charge in [-0.15, -0.1) is 0 Å². The van der Waals surface area contributed by atoms with Crippen LogP contribution in [0.3, 0.4) is 0 Å². The highest BCUT2D eigenvalue weighted by Crippen LogP contribution is 2.48. The Kier molecular flexibility index (Phi) is 4.93. The fraction of sp³-hybridized carbons (Fsp3) is 0. The first-order valence-electron chi connectivity index (χ1n) is 15.0. The Balaban J connectivity index is 1.26. The zero-order valence-corrected chi connectivity index (χ0v) is 23.9. The predicted octanol–water partition coefficient (Wildman–Crippen LogP) is 10.1. The molecule has 0 bridgehead atoms. The second-order valence-electron chi connectivity index (χ2n) is 11.5. The first-order valence-corrected chi connectivity index (χ1v) is 15.0. The van der Waals surface area contributed by atoms with Crippen LogP contribution in [0.2, 0.25) is 0 Å². The van der Waals surface area contributed by atoms with E-state index in [1.165, 1.54) is 33.0 Å². The maximum Gasteiger partial charge on any atom is 0.164 e. The van der Waals surface area contributed by atoms with Crippen molar-refractivity contribution in [2.45, 2.75) is 0 Å². The van der Waals surface area contributed by atoms with Crippen LogP contribution in [0.1, 0.15) is 0 Å². The molecule has 6 aromatic carbocycles. The van der Waals surface area contributed by atoms with Gasteiger partial charge < -0.3 is 4.42 Å². The standard InChI is InChI=1S/C40H22N4O/c1-2-9-24-20-26(18-17-23(24)8-1)38-42-39(27-21-25-10-5-13-30-28-11-3-4-12-29(28)32(22-27)35(25)30)44-40(43-38)31-14-6-15-33-36(31)37-34(45-33)16-7-19-41-37/h1-22H. The molecule has 1 aliphatic carbocycles. The second-order valence-corrected chi connectivity index (χ2v) is 11.5. The number of hydrogen-bond acceptors (Lipinski definition) is 5. The van der Waals surface area contributed by atoms with Gasteiger partial charge in [0.1, 0.15) is 11.1 Å². The number of nitrogens with zero attached hydrogens (tertiary/aromatic N) is 4. The summed E-state index contributed by atoms with van der Waals surface area (Å²) in [5.41, 5.74) is 9.96. The minimum Gasteiger partial charge on any atom is -0.454 e. The van der Waals surface area contributed by atoms with Crippen molar-refractivity contribution >= 4 is 43.6 Å². The van der Waals surface area contributed by atoms with E-state index in [9.17, 15) is 0 Å². The Bertz CT molecular complexity index is 2670. The molecule has 9 aromatic rings. The van der Waals surface area contributed by atoms with Crippen molar-refractivity contribution in [3.05, 3.63) is 134 Å². The molecule has 0 atom stereocenters. The molecule has 3 heterocycles. The predicted molar refractivity (Wildman–Crippen MR) is 181 cm³/mol. The van der Waals surface area contributed by atoms with Gasteiger partial charge in [0, 0.05) is 22.9 Å². The van der Waals surface area contributed by atoms with Crippen LogP contribution < -0.4 is 0 Å². The summed E-state index contributed by atoms with van der Waals surface area (Å²) in [5.74, 6) is 1.81. The summed E-state index contributed by atoms with van der Waals surface area (Å²) >= 11 is 0. The zero-order valence-electron chi connectivity index (χ0n) is 23.9. The molecule has 0 radical (unpaired) electrons. The van der Waals surface area contributed by atoms with Gasteiger partial charge in [-0.25, -0.2) is 15.0 Å². The first kappa shape index (κ1) is 24.3. The van der Waals surface area contributed by atoms with Gasteiger partial charge in [0.05, 0.1) is 5.39 Å². The van der Waals surface area contributed by atoms with Crippen LogP contribution in [0, 0.1) is 0 Å². The van der Waals surface area contributed by atoms with Crippen LogP contribution in [0.4, 0.5) is 0 Å². The maximum atomic E-state index is 6.18. The lowest BCUT2D eigenvalue weighted by Crippen LogP contribution is -2.01. The molecular formula is C40H22N4O. The number of pyridine rings is 1. The maximum absolute atomic E-state index is 6.18. The molecule has 5 nitrogen and oxygen atoms in total. The second kappa shape index (κ2) is 9.15. The van der Waals surface area contributed by atoms with E-state index in [0.717, 1.165) is 49.5 Å². The van der Waals surface area contributed by atoms with Gasteiger partial charge in [-0.1, -0.05) is 91.0 Å². The van der Waals surface area contributed by atoms with Crippen molar-refractivity contribution < 1.29 is 4.42 Å². The van der Waals surface area contributed by atoms with E-state index in [-0.39, 0.29) is 0 Å². The number of furan rings is 1. The lowest BCUT2D eigenvalue weighted by atomic mass is 9.99. The highest BCUT2D eigenvalue weighted by Gasteiger charge is 2.23. The van der Waals surface area contributed by atoms with Gasteiger partial charge in [-0.05, 0) is 80.2 Å². The molecule has 5 heteroatoms. The number of fused-ring (bicyclic) bond motifs is 7. The molecule has 1 aliphatic rings. The summed E-state index contributed by atoms with van der Waals surface area (Å²) in [5, 5.41) is 5.63. The molecule has 0 unspecified atom stereocenters. The van der Waals surface area contributed by atoms with Gasteiger partial charge in [0.25, 0.3) is 0 Å². The smallest absolute Gasteiger partial charge is 0.164 e. The number of aromatic nitrogens is 4. The van der Waals surface area contributed by atoms with Crippen molar-refractivity contribution in [1.82, 2.24) is 19.9 Å². The average Bonchev–Trinajstić information content (AvgIpc) is 3.65. The van der Waals surface area contributed by atoms with Gasteiger partial charge in [0.15, 0.2) is 23.1 Å². The van der Waals surface area contributed by atoms with Gasteiger partial charge >= 0.3 is 0 Å². The molecule has 0 aliphatic heterocycles. The van der Waals surface area contributed by atoms with Crippen LogP contribution in [-0.2, 0) is 0 Å². The fourth-order valence-corrected chi connectivity index (χ4v) is 6.86. The highest BCUT2D eigenvalue weighted by molar-refractivity contribution is 6.16. The normalized spacial score (nSPS) is 12.0. The largest absolute Gasteiger partial charge is 0.454 e. The molecular weight excluding hydrogens is 552 g/mol. The van der Waals surface area contributed by atoms with Gasteiger partial charge in [-0.3, -0.25) is 4.98 Å². The van der Waals surface area contributed by atoms with Crippen LogP contribution in [-0.4, -0.2) is 19.9 Å². The minimum absolute atomic E-state index is 0.577. The fourth-order valence-electron chi connectivity index (χ4n) is 6.86. The summed E-state index contributed by atoms with van der Waals surface area (Å²) in [6.07, 6.45) is 1.79. The molecule has 0 amide bonds. The Morgan fingerprint density at radius 3 is 1.98 bits per heavy atom. The highest BCUT2D eigenvalue weighted by atomic mass is 16.3. The molecule has 0 N–H and O–H groups in total. The van der Waals surface area contributed by atoms with E-state index in [1.807, 2.05) is 30.3 Å². The summed E-state index contributed by atoms with van der Waals surface area (Å²) in [7, 11) is 0. The first-order chi connectivity index (χ1) is 22.3. The van der Waals surface area contributed by atoms with Crippen LogP contribution >= 0.6 is 0 Å². The third-order valence-electron chi connectivity index (χ3n) is 8.88. The Morgan fingerprint density at radius 2 is 1.07 bits per heavy atom. The molecule has 208 valence electrons. The van der Waals surface area contributed by atoms with E-state index in [1.54, 1.807) is 6.20 Å². The minimum atomic E-state index is 0.577. The van der Waals surface area contributed by atoms with Crippen molar-refractivity contribution in [1.29, 1.82) is 0 Å². The van der Waals surface area contributed by atoms with Crippen molar-refractivity contribution in [3.63, 3.8) is 0 Å². The molecule has 0 saturated carbocycles. The summed E-state index contributed by atoms with van der Waals surface area (Å²) < 4.78 is 6.18. The topological polar surface area (TPSA) is 64.7 Å². The SMILES string of the molecule is c1ccc2c(c1)-c1cccc3cc(-c4nc(-c5ccc6ccccc6c5)nc(-c5cccc6oc7cccnc7c56)n4)cc-2c13. The van der Waals surface area contributed by atoms with E-state index in [2.05, 4.69) is 102 Å². The summed E-state index contributed by atoms with van der Waals surface area (Å²) in [6, 6.07) is 44.1.